The molecule has 1 aliphatic carbocycles. The van der Waals surface area contributed by atoms with Crippen LogP contribution < -0.4 is 10.9 Å². The van der Waals surface area contributed by atoms with Crippen molar-refractivity contribution in [1.82, 2.24) is 19.2 Å². The molecule has 0 radical (unpaired) electrons. The summed E-state index contributed by atoms with van der Waals surface area (Å²) in [6.45, 7) is 6.66. The molecule has 2 aromatic rings. The Hall–Kier alpha value is -2.27. The summed E-state index contributed by atoms with van der Waals surface area (Å²) in [5, 5.41) is 3.37. The molecule has 3 aliphatic rings. The number of amides is 1. The summed E-state index contributed by atoms with van der Waals surface area (Å²) in [4.78, 5) is 36.1. The number of hydrogen-bond donors (Lipinski definition) is 1. The molecule has 1 N–H and O–H groups in total. The zero-order valence-corrected chi connectivity index (χ0v) is 20.9. The second-order valence-electron chi connectivity index (χ2n) is 8.93. The number of aryl methyl sites for hydroxylation is 1. The molecule has 4 heterocycles. The van der Waals surface area contributed by atoms with E-state index >= 15 is 0 Å². The number of aromatic nitrogens is 2. The lowest BCUT2D eigenvalue weighted by atomic mass is 10.2. The van der Waals surface area contributed by atoms with Crippen LogP contribution in [-0.4, -0.2) is 74.8 Å². The summed E-state index contributed by atoms with van der Waals surface area (Å²) >= 11 is 6.83. The van der Waals surface area contributed by atoms with E-state index in [9.17, 15) is 9.59 Å². The fourth-order valence-electron chi connectivity index (χ4n) is 4.82. The highest BCUT2D eigenvalue weighted by Gasteiger charge is 2.38. The van der Waals surface area contributed by atoms with E-state index in [1.165, 1.54) is 11.8 Å². The molecule has 180 valence electrons. The van der Waals surface area contributed by atoms with E-state index in [1.807, 2.05) is 19.1 Å². The van der Waals surface area contributed by atoms with Gasteiger partial charge in [-0.1, -0.05) is 42.9 Å². The molecular weight excluding hydrogens is 470 g/mol. The molecule has 0 bridgehead atoms. The molecule has 1 amide bonds. The van der Waals surface area contributed by atoms with Gasteiger partial charge in [-0.3, -0.25) is 23.8 Å². The summed E-state index contributed by atoms with van der Waals surface area (Å²) in [7, 11) is 0. The summed E-state index contributed by atoms with van der Waals surface area (Å²) in [5.41, 5.74) is 1.71. The third-order valence-electron chi connectivity index (χ3n) is 6.70. The molecule has 34 heavy (non-hydrogen) atoms. The van der Waals surface area contributed by atoms with Crippen LogP contribution >= 0.6 is 24.0 Å². The Morgan fingerprint density at radius 3 is 2.79 bits per heavy atom. The van der Waals surface area contributed by atoms with Gasteiger partial charge < -0.3 is 10.1 Å². The number of carbonyl (C=O) groups excluding carboxylic acids is 1. The van der Waals surface area contributed by atoms with Crippen molar-refractivity contribution in [3.05, 3.63) is 44.7 Å². The van der Waals surface area contributed by atoms with E-state index in [2.05, 4.69) is 10.2 Å². The molecule has 10 heteroatoms. The topological polar surface area (TPSA) is 79.2 Å². The first-order chi connectivity index (χ1) is 16.5. The standard InChI is InChI=1S/C24H29N5O3S2/c1-16-5-4-9-28-21(16)26-20(25-8-10-27-11-13-32-14-12-27)18(22(28)30)15-19-23(31)29(24(33)34-19)17-6-2-3-7-17/h4-5,9,15,17,25H,2-3,6-8,10-14H2,1H3/b19-15-. The predicted molar refractivity (Wildman–Crippen MR) is 139 cm³/mol. The molecule has 0 atom stereocenters. The van der Waals surface area contributed by atoms with Crippen LogP contribution in [0.2, 0.25) is 0 Å². The lowest BCUT2D eigenvalue weighted by Gasteiger charge is -2.26. The van der Waals surface area contributed by atoms with Crippen LogP contribution in [0.25, 0.3) is 11.7 Å². The first kappa shape index (κ1) is 23.5. The van der Waals surface area contributed by atoms with E-state index in [4.69, 9.17) is 21.9 Å². The van der Waals surface area contributed by atoms with E-state index in [0.717, 1.165) is 64.1 Å². The maximum absolute atomic E-state index is 13.5. The zero-order valence-electron chi connectivity index (χ0n) is 19.3. The fourth-order valence-corrected chi connectivity index (χ4v) is 6.20. The molecule has 5 rings (SSSR count). The second kappa shape index (κ2) is 10.2. The highest BCUT2D eigenvalue weighted by atomic mass is 32.2. The molecule has 2 aromatic heterocycles. The second-order valence-corrected chi connectivity index (χ2v) is 10.6. The van der Waals surface area contributed by atoms with Gasteiger partial charge in [-0.15, -0.1) is 0 Å². The van der Waals surface area contributed by atoms with Crippen LogP contribution in [0.1, 0.15) is 36.8 Å². The van der Waals surface area contributed by atoms with Crippen molar-refractivity contribution in [1.29, 1.82) is 0 Å². The van der Waals surface area contributed by atoms with Crippen molar-refractivity contribution < 1.29 is 9.53 Å². The van der Waals surface area contributed by atoms with Gasteiger partial charge in [0.15, 0.2) is 0 Å². The minimum absolute atomic E-state index is 0.102. The highest BCUT2D eigenvalue weighted by molar-refractivity contribution is 8.26. The number of morpholine rings is 1. The number of carbonyl (C=O) groups is 1. The molecule has 2 saturated heterocycles. The monoisotopic (exact) mass is 499 g/mol. The van der Waals surface area contributed by atoms with Gasteiger partial charge in [-0.25, -0.2) is 4.98 Å². The van der Waals surface area contributed by atoms with Gasteiger partial charge in [-0.2, -0.15) is 0 Å². The third kappa shape index (κ3) is 4.64. The Kier molecular flexibility index (Phi) is 7.01. The van der Waals surface area contributed by atoms with Crippen LogP contribution in [0.15, 0.2) is 28.0 Å². The highest BCUT2D eigenvalue weighted by Crippen LogP contribution is 2.38. The first-order valence-corrected chi connectivity index (χ1v) is 13.1. The number of hydrogen-bond acceptors (Lipinski definition) is 8. The summed E-state index contributed by atoms with van der Waals surface area (Å²) in [6.07, 6.45) is 7.59. The van der Waals surface area contributed by atoms with Gasteiger partial charge in [0, 0.05) is 38.4 Å². The SMILES string of the molecule is Cc1cccn2c(=O)c(/C=C3\SC(=S)N(C4CCCC4)C3=O)c(NCCN3CCOCC3)nc12. The zero-order chi connectivity index (χ0) is 23.7. The molecule has 0 spiro atoms. The van der Waals surface area contributed by atoms with Gasteiger partial charge >= 0.3 is 0 Å². The molecule has 3 fully saturated rings. The first-order valence-electron chi connectivity index (χ1n) is 11.9. The Morgan fingerprint density at radius 1 is 1.26 bits per heavy atom. The predicted octanol–water partition coefficient (Wildman–Crippen LogP) is 2.89. The Balaban J connectivity index is 1.48. The van der Waals surface area contributed by atoms with E-state index < -0.39 is 0 Å². The average Bonchev–Trinajstić information content (AvgIpc) is 3.45. The van der Waals surface area contributed by atoms with E-state index in [0.29, 0.717) is 32.8 Å². The summed E-state index contributed by atoms with van der Waals surface area (Å²) in [6, 6.07) is 3.94. The molecular formula is C24H29N5O3S2. The third-order valence-corrected chi connectivity index (χ3v) is 8.03. The fraction of sp³-hybridized carbons (Fsp3) is 0.500. The lowest BCUT2D eigenvalue weighted by Crippen LogP contribution is -2.39. The average molecular weight is 500 g/mol. The van der Waals surface area contributed by atoms with Crippen molar-refractivity contribution in [2.45, 2.75) is 38.6 Å². The summed E-state index contributed by atoms with van der Waals surface area (Å²) < 4.78 is 7.55. The van der Waals surface area contributed by atoms with Gasteiger partial charge in [0.1, 0.15) is 15.8 Å². The minimum atomic E-state index is -0.200. The van der Waals surface area contributed by atoms with Crippen LogP contribution in [0.3, 0.4) is 0 Å². The van der Waals surface area contributed by atoms with Gasteiger partial charge in [0.25, 0.3) is 11.5 Å². The van der Waals surface area contributed by atoms with E-state index in [-0.39, 0.29) is 17.5 Å². The number of anilines is 1. The maximum Gasteiger partial charge on any atom is 0.267 e. The smallest absolute Gasteiger partial charge is 0.267 e. The van der Waals surface area contributed by atoms with Crippen molar-refractivity contribution in [2.24, 2.45) is 0 Å². The number of nitrogens with one attached hydrogen (secondary N) is 1. The quantitative estimate of drug-likeness (QED) is 0.480. The number of thiocarbonyl (C=S) groups is 1. The van der Waals surface area contributed by atoms with Crippen LogP contribution in [0, 0.1) is 6.92 Å². The number of rotatable bonds is 6. The van der Waals surface area contributed by atoms with Crippen LogP contribution in [0.4, 0.5) is 5.82 Å². The molecule has 0 aromatic carbocycles. The van der Waals surface area contributed by atoms with Gasteiger partial charge in [0.2, 0.25) is 0 Å². The largest absolute Gasteiger partial charge is 0.379 e. The van der Waals surface area contributed by atoms with Crippen molar-refractivity contribution >= 4 is 51.7 Å². The molecule has 2 aliphatic heterocycles. The van der Waals surface area contributed by atoms with Crippen molar-refractivity contribution in [2.75, 3.05) is 44.7 Å². The Labute approximate surface area is 208 Å². The number of pyridine rings is 1. The molecule has 1 saturated carbocycles. The van der Waals surface area contributed by atoms with Crippen molar-refractivity contribution in [3.8, 4) is 0 Å². The number of ether oxygens (including phenoxy) is 1. The number of fused-ring (bicyclic) bond motifs is 1. The van der Waals surface area contributed by atoms with Crippen LogP contribution in [-0.2, 0) is 9.53 Å². The molecule has 0 unspecified atom stereocenters. The Morgan fingerprint density at radius 2 is 2.03 bits per heavy atom. The lowest BCUT2D eigenvalue weighted by molar-refractivity contribution is -0.123. The Bertz CT molecular complexity index is 1200. The maximum atomic E-state index is 13.5. The molecule has 8 nitrogen and oxygen atoms in total. The normalized spacial score (nSPS) is 21.3. The summed E-state index contributed by atoms with van der Waals surface area (Å²) in [5.74, 6) is 0.397. The van der Waals surface area contributed by atoms with Crippen LogP contribution in [0.5, 0.6) is 0 Å². The van der Waals surface area contributed by atoms with E-state index in [1.54, 1.807) is 21.6 Å². The number of nitrogens with zero attached hydrogens (tertiary/aromatic N) is 4. The van der Waals surface area contributed by atoms with Crippen molar-refractivity contribution in [3.63, 3.8) is 0 Å². The van der Waals surface area contributed by atoms with Gasteiger partial charge in [-0.05, 0) is 37.5 Å². The number of thioether (sulfide) groups is 1. The minimum Gasteiger partial charge on any atom is -0.379 e. The van der Waals surface area contributed by atoms with Gasteiger partial charge in [0.05, 0.1) is 23.7 Å².